The van der Waals surface area contributed by atoms with E-state index < -0.39 is 12.1 Å². The molecule has 0 bridgehead atoms. The molecule has 0 radical (unpaired) electrons. The first-order valence-electron chi connectivity index (χ1n) is 7.04. The Kier molecular flexibility index (Phi) is 4.80. The number of alkyl halides is 3. The average molecular weight is 378 g/mol. The summed E-state index contributed by atoms with van der Waals surface area (Å²) >= 11 is 11.9. The summed E-state index contributed by atoms with van der Waals surface area (Å²) in [5.41, 5.74) is 1.06. The first-order chi connectivity index (χ1) is 11.3. The molecule has 0 saturated carbocycles. The summed E-state index contributed by atoms with van der Waals surface area (Å²) < 4.78 is 47.7. The number of benzene rings is 2. The first-order valence-corrected chi connectivity index (χ1v) is 7.79. The van der Waals surface area contributed by atoms with E-state index in [1.807, 2.05) is 0 Å². The standard InChI is InChI=1S/C16H12Cl2F3NO2/c17-11-3-10(4-12(18)6-11)9-1-2-14(23-13-7-22-8-13)15(5-9)24-16(19,20)21/h1-6,13,22H,7-8H2. The van der Waals surface area contributed by atoms with Crippen LogP contribution in [0.1, 0.15) is 0 Å². The fourth-order valence-corrected chi connectivity index (χ4v) is 2.76. The summed E-state index contributed by atoms with van der Waals surface area (Å²) in [6.45, 7) is 1.16. The van der Waals surface area contributed by atoms with Crippen molar-refractivity contribution in [1.82, 2.24) is 5.32 Å². The van der Waals surface area contributed by atoms with Gasteiger partial charge >= 0.3 is 6.36 Å². The van der Waals surface area contributed by atoms with E-state index in [2.05, 4.69) is 10.1 Å². The van der Waals surface area contributed by atoms with Crippen molar-refractivity contribution in [2.75, 3.05) is 13.1 Å². The molecule has 1 saturated heterocycles. The normalized spacial score (nSPS) is 15.0. The van der Waals surface area contributed by atoms with Crippen LogP contribution in [-0.4, -0.2) is 25.6 Å². The lowest BCUT2D eigenvalue weighted by Gasteiger charge is -2.28. The molecule has 1 N–H and O–H groups in total. The molecule has 0 atom stereocenters. The molecule has 0 aliphatic carbocycles. The summed E-state index contributed by atoms with van der Waals surface area (Å²) in [5.74, 6) is -0.362. The maximum atomic E-state index is 12.7. The molecule has 0 aromatic heterocycles. The molecule has 2 aromatic carbocycles. The molecular weight excluding hydrogens is 366 g/mol. The van der Waals surface area contributed by atoms with Gasteiger partial charge in [-0.2, -0.15) is 0 Å². The van der Waals surface area contributed by atoms with Gasteiger partial charge in [-0.15, -0.1) is 13.2 Å². The van der Waals surface area contributed by atoms with Crippen LogP contribution in [-0.2, 0) is 0 Å². The summed E-state index contributed by atoms with van der Waals surface area (Å²) in [6, 6.07) is 9.10. The number of hydrogen-bond acceptors (Lipinski definition) is 3. The molecule has 0 unspecified atom stereocenters. The van der Waals surface area contributed by atoms with E-state index in [4.69, 9.17) is 27.9 Å². The van der Waals surface area contributed by atoms with Gasteiger partial charge in [0.2, 0.25) is 0 Å². The van der Waals surface area contributed by atoms with E-state index in [0.29, 0.717) is 34.3 Å². The summed E-state index contributed by atoms with van der Waals surface area (Å²) in [4.78, 5) is 0. The van der Waals surface area contributed by atoms with E-state index >= 15 is 0 Å². The highest BCUT2D eigenvalue weighted by molar-refractivity contribution is 6.35. The summed E-state index contributed by atoms with van der Waals surface area (Å²) in [6.07, 6.45) is -4.99. The Bertz CT molecular complexity index is 728. The molecule has 3 nitrogen and oxygen atoms in total. The third-order valence-electron chi connectivity index (χ3n) is 3.40. The fourth-order valence-electron chi connectivity index (χ4n) is 2.24. The molecule has 0 amide bonds. The van der Waals surface area contributed by atoms with Gasteiger partial charge in [0.25, 0.3) is 0 Å². The zero-order valence-corrected chi connectivity index (χ0v) is 13.7. The smallest absolute Gasteiger partial charge is 0.484 e. The van der Waals surface area contributed by atoms with Gasteiger partial charge in [0.15, 0.2) is 11.5 Å². The van der Waals surface area contributed by atoms with Crippen LogP contribution in [0.2, 0.25) is 10.0 Å². The van der Waals surface area contributed by atoms with E-state index in [-0.39, 0.29) is 11.9 Å². The first kappa shape index (κ1) is 17.2. The number of nitrogens with one attached hydrogen (secondary N) is 1. The molecular formula is C16H12Cl2F3NO2. The van der Waals surface area contributed by atoms with Crippen molar-refractivity contribution >= 4 is 23.2 Å². The molecule has 1 heterocycles. The largest absolute Gasteiger partial charge is 0.573 e. The second kappa shape index (κ2) is 6.70. The van der Waals surface area contributed by atoms with Gasteiger partial charge in [-0.25, -0.2) is 0 Å². The third kappa shape index (κ3) is 4.26. The monoisotopic (exact) mass is 377 g/mol. The van der Waals surface area contributed by atoms with Crippen molar-refractivity contribution in [2.24, 2.45) is 0 Å². The average Bonchev–Trinajstić information content (AvgIpc) is 2.41. The molecule has 1 fully saturated rings. The molecule has 1 aliphatic heterocycles. The van der Waals surface area contributed by atoms with Crippen molar-refractivity contribution in [1.29, 1.82) is 0 Å². The maximum Gasteiger partial charge on any atom is 0.573 e. The van der Waals surface area contributed by atoms with Crippen molar-refractivity contribution in [3.63, 3.8) is 0 Å². The highest BCUT2D eigenvalue weighted by Gasteiger charge is 2.33. The highest BCUT2D eigenvalue weighted by Crippen LogP contribution is 2.38. The Morgan fingerprint density at radius 2 is 1.58 bits per heavy atom. The Morgan fingerprint density at radius 1 is 0.917 bits per heavy atom. The Balaban J connectivity index is 1.97. The van der Waals surface area contributed by atoms with Crippen molar-refractivity contribution in [3.8, 4) is 22.6 Å². The lowest BCUT2D eigenvalue weighted by molar-refractivity contribution is -0.275. The van der Waals surface area contributed by atoms with Gasteiger partial charge in [-0.1, -0.05) is 29.3 Å². The van der Waals surface area contributed by atoms with Crippen LogP contribution in [0, 0.1) is 0 Å². The molecule has 24 heavy (non-hydrogen) atoms. The Hall–Kier alpha value is -1.63. The maximum absolute atomic E-state index is 12.7. The minimum Gasteiger partial charge on any atom is -0.484 e. The van der Waals surface area contributed by atoms with E-state index in [1.54, 1.807) is 24.3 Å². The number of halogens is 5. The Morgan fingerprint density at radius 3 is 2.12 bits per heavy atom. The number of rotatable bonds is 4. The van der Waals surface area contributed by atoms with Gasteiger partial charge < -0.3 is 14.8 Å². The Labute approximate surface area is 146 Å². The van der Waals surface area contributed by atoms with Crippen LogP contribution in [0.5, 0.6) is 11.5 Å². The van der Waals surface area contributed by atoms with Gasteiger partial charge in [-0.3, -0.25) is 0 Å². The number of ether oxygens (including phenoxy) is 2. The predicted octanol–water partition coefficient (Wildman–Crippen LogP) is 4.91. The lowest BCUT2D eigenvalue weighted by Crippen LogP contribution is -2.50. The molecule has 1 aliphatic rings. The van der Waals surface area contributed by atoms with Crippen molar-refractivity contribution in [3.05, 3.63) is 46.4 Å². The molecule has 2 aromatic rings. The lowest BCUT2D eigenvalue weighted by atomic mass is 10.1. The van der Waals surface area contributed by atoms with Gasteiger partial charge in [0.05, 0.1) is 0 Å². The molecule has 3 rings (SSSR count). The minimum absolute atomic E-state index is 0.0377. The van der Waals surface area contributed by atoms with Crippen molar-refractivity contribution < 1.29 is 22.6 Å². The van der Waals surface area contributed by atoms with Gasteiger partial charge in [-0.05, 0) is 41.5 Å². The van der Waals surface area contributed by atoms with E-state index in [9.17, 15) is 13.2 Å². The molecule has 8 heteroatoms. The quantitative estimate of drug-likeness (QED) is 0.820. The van der Waals surface area contributed by atoms with Crippen LogP contribution in [0.25, 0.3) is 11.1 Å². The van der Waals surface area contributed by atoms with Crippen molar-refractivity contribution in [2.45, 2.75) is 12.5 Å². The summed E-state index contributed by atoms with van der Waals surface area (Å²) in [7, 11) is 0. The second-order valence-corrected chi connectivity index (χ2v) is 6.14. The topological polar surface area (TPSA) is 30.5 Å². The van der Waals surface area contributed by atoms with Crippen LogP contribution in [0.15, 0.2) is 36.4 Å². The molecule has 128 valence electrons. The molecule has 0 spiro atoms. The van der Waals surface area contributed by atoms with Crippen LogP contribution in [0.3, 0.4) is 0 Å². The third-order valence-corrected chi connectivity index (χ3v) is 3.84. The zero-order valence-electron chi connectivity index (χ0n) is 12.2. The van der Waals surface area contributed by atoms with Crippen LogP contribution < -0.4 is 14.8 Å². The highest BCUT2D eigenvalue weighted by atomic mass is 35.5. The van der Waals surface area contributed by atoms with Crippen LogP contribution >= 0.6 is 23.2 Å². The fraction of sp³-hybridized carbons (Fsp3) is 0.250. The van der Waals surface area contributed by atoms with E-state index in [0.717, 1.165) is 0 Å². The van der Waals surface area contributed by atoms with Crippen LogP contribution in [0.4, 0.5) is 13.2 Å². The summed E-state index contributed by atoms with van der Waals surface area (Å²) in [5, 5.41) is 3.75. The SMILES string of the molecule is FC(F)(F)Oc1cc(-c2cc(Cl)cc(Cl)c2)ccc1OC1CNC1. The van der Waals surface area contributed by atoms with Gasteiger partial charge in [0.1, 0.15) is 6.10 Å². The van der Waals surface area contributed by atoms with E-state index in [1.165, 1.54) is 12.1 Å². The minimum atomic E-state index is -4.82. The number of hydrogen-bond donors (Lipinski definition) is 1. The second-order valence-electron chi connectivity index (χ2n) is 5.27. The zero-order chi connectivity index (χ0) is 17.3. The predicted molar refractivity (Wildman–Crippen MR) is 85.9 cm³/mol. The van der Waals surface area contributed by atoms with Gasteiger partial charge in [0, 0.05) is 23.1 Å².